The second-order valence-electron chi connectivity index (χ2n) is 4.73. The van der Waals surface area contributed by atoms with Crippen molar-refractivity contribution in [1.82, 2.24) is 4.90 Å². The highest BCUT2D eigenvalue weighted by Crippen LogP contribution is 2.37. The highest BCUT2D eigenvalue weighted by molar-refractivity contribution is 5.86. The van der Waals surface area contributed by atoms with Gasteiger partial charge in [0.25, 0.3) is 5.69 Å². The minimum Gasteiger partial charge on any atom is -0.374 e. The Morgan fingerprint density at radius 1 is 1.43 bits per heavy atom. The van der Waals surface area contributed by atoms with Crippen LogP contribution in [0.15, 0.2) is 18.2 Å². The van der Waals surface area contributed by atoms with E-state index in [-0.39, 0.29) is 11.6 Å². The number of nitrogens with one attached hydrogen (secondary N) is 1. The summed E-state index contributed by atoms with van der Waals surface area (Å²) < 4.78 is 38.5. The summed E-state index contributed by atoms with van der Waals surface area (Å²) in [6, 6.07) is 1.99. The van der Waals surface area contributed by atoms with Gasteiger partial charge in [0.1, 0.15) is 11.6 Å². The Bertz CT molecular complexity index is 589. The van der Waals surface area contributed by atoms with Crippen LogP contribution in [0.2, 0.25) is 0 Å². The minimum absolute atomic E-state index is 0.0292. The first kappa shape index (κ1) is 15.1. The van der Waals surface area contributed by atoms with E-state index in [9.17, 15) is 28.1 Å². The van der Waals surface area contributed by atoms with Gasteiger partial charge in [0, 0.05) is 25.3 Å². The Hall–Kier alpha value is -2.32. The van der Waals surface area contributed by atoms with Gasteiger partial charge in [-0.25, -0.2) is 0 Å². The monoisotopic (exact) mass is 303 g/mol. The fourth-order valence-corrected chi connectivity index (χ4v) is 2.17. The molecule has 114 valence electrons. The molecule has 1 saturated heterocycles. The van der Waals surface area contributed by atoms with Crippen LogP contribution < -0.4 is 5.32 Å². The summed E-state index contributed by atoms with van der Waals surface area (Å²) in [4.78, 5) is 22.7. The number of hydrogen-bond acceptors (Lipinski definition) is 4. The number of hydrogen-bond donors (Lipinski definition) is 1. The molecule has 1 amide bonds. The molecule has 2 rings (SSSR count). The van der Waals surface area contributed by atoms with E-state index in [1.807, 2.05) is 0 Å². The molecule has 1 heterocycles. The average Bonchev–Trinajstić information content (AvgIpc) is 2.69. The van der Waals surface area contributed by atoms with Crippen LogP contribution >= 0.6 is 0 Å². The molecular weight excluding hydrogens is 291 g/mol. The largest absolute Gasteiger partial charge is 0.423 e. The predicted octanol–water partition coefficient (Wildman–Crippen LogP) is 2.26. The fraction of sp³-hybridized carbons (Fsp3) is 0.417. The third kappa shape index (κ3) is 3.06. The maximum atomic E-state index is 12.8. The van der Waals surface area contributed by atoms with Gasteiger partial charge in [-0.1, -0.05) is 0 Å². The molecular formula is C12H12F3N3O3. The zero-order valence-corrected chi connectivity index (χ0v) is 11.0. The van der Waals surface area contributed by atoms with Crippen molar-refractivity contribution in [2.45, 2.75) is 18.6 Å². The molecule has 1 aromatic rings. The molecule has 9 heteroatoms. The van der Waals surface area contributed by atoms with E-state index < -0.39 is 28.4 Å². The number of rotatable bonds is 3. The normalized spacial score (nSPS) is 19.0. The number of halogens is 3. The minimum atomic E-state index is -4.84. The van der Waals surface area contributed by atoms with Crippen LogP contribution in [0.4, 0.5) is 24.5 Å². The molecule has 1 N–H and O–H groups in total. The van der Waals surface area contributed by atoms with Gasteiger partial charge in [0.05, 0.1) is 4.92 Å². The highest BCUT2D eigenvalue weighted by Gasteiger charge is 2.39. The Labute approximate surface area is 117 Å². The Morgan fingerprint density at radius 2 is 2.10 bits per heavy atom. The van der Waals surface area contributed by atoms with Gasteiger partial charge in [0.2, 0.25) is 5.91 Å². The Kier molecular flexibility index (Phi) is 3.75. The summed E-state index contributed by atoms with van der Waals surface area (Å²) in [5, 5.41) is 13.3. The van der Waals surface area contributed by atoms with Crippen molar-refractivity contribution in [1.29, 1.82) is 0 Å². The molecule has 1 aliphatic heterocycles. The maximum Gasteiger partial charge on any atom is 0.423 e. The number of alkyl halides is 3. The van der Waals surface area contributed by atoms with Crippen molar-refractivity contribution >= 4 is 17.3 Å². The van der Waals surface area contributed by atoms with Gasteiger partial charge in [-0.3, -0.25) is 14.9 Å². The van der Waals surface area contributed by atoms with Crippen molar-refractivity contribution in [3.63, 3.8) is 0 Å². The lowest BCUT2D eigenvalue weighted by Crippen LogP contribution is -2.31. The zero-order chi connectivity index (χ0) is 15.8. The van der Waals surface area contributed by atoms with Gasteiger partial charge in [-0.15, -0.1) is 0 Å². The molecule has 21 heavy (non-hydrogen) atoms. The standard InChI is InChI=1S/C12H12F3N3O3/c1-17-5-4-9(11(17)19)16-7-2-3-10(18(20)21)8(6-7)12(13,14)15/h2-3,6,9,16H,4-5H2,1H3/t9-/m0/s1. The van der Waals surface area contributed by atoms with E-state index in [1.54, 1.807) is 7.05 Å². The Morgan fingerprint density at radius 3 is 2.57 bits per heavy atom. The van der Waals surface area contributed by atoms with Crippen LogP contribution in [0.1, 0.15) is 12.0 Å². The number of benzene rings is 1. The summed E-state index contributed by atoms with van der Waals surface area (Å²) >= 11 is 0. The van der Waals surface area contributed by atoms with Gasteiger partial charge in [-0.05, 0) is 18.6 Å². The van der Waals surface area contributed by atoms with Gasteiger partial charge in [-0.2, -0.15) is 13.2 Å². The molecule has 1 aliphatic rings. The summed E-state index contributed by atoms with van der Waals surface area (Å²) in [6.45, 7) is 0.510. The number of nitrogens with zero attached hydrogens (tertiary/aromatic N) is 2. The molecule has 0 spiro atoms. The number of nitro groups is 1. The van der Waals surface area contributed by atoms with E-state index >= 15 is 0 Å². The fourth-order valence-electron chi connectivity index (χ4n) is 2.17. The number of likely N-dealkylation sites (N-methyl/N-ethyl adjacent to an activating group) is 1. The van der Waals surface area contributed by atoms with E-state index in [0.29, 0.717) is 19.0 Å². The van der Waals surface area contributed by atoms with Crippen molar-refractivity contribution in [2.24, 2.45) is 0 Å². The smallest absolute Gasteiger partial charge is 0.374 e. The van der Waals surface area contributed by atoms with Crippen LogP contribution in [0, 0.1) is 10.1 Å². The summed E-state index contributed by atoms with van der Waals surface area (Å²) in [7, 11) is 1.60. The van der Waals surface area contributed by atoms with E-state index in [0.717, 1.165) is 6.07 Å². The van der Waals surface area contributed by atoms with E-state index in [2.05, 4.69) is 5.32 Å². The first-order valence-corrected chi connectivity index (χ1v) is 6.07. The van der Waals surface area contributed by atoms with Crippen LogP contribution in [-0.4, -0.2) is 35.4 Å². The van der Waals surface area contributed by atoms with Gasteiger partial charge in [0.15, 0.2) is 0 Å². The number of carbonyl (C=O) groups is 1. The van der Waals surface area contributed by atoms with Crippen LogP contribution in [-0.2, 0) is 11.0 Å². The number of likely N-dealkylation sites (tertiary alicyclic amines) is 1. The molecule has 1 fully saturated rings. The SMILES string of the molecule is CN1CC[C@H](Nc2ccc([N+](=O)[O-])c(C(F)(F)F)c2)C1=O. The molecule has 0 aromatic heterocycles. The molecule has 1 aromatic carbocycles. The second-order valence-corrected chi connectivity index (χ2v) is 4.73. The van der Waals surface area contributed by atoms with Crippen LogP contribution in [0.25, 0.3) is 0 Å². The first-order chi connectivity index (χ1) is 9.70. The third-order valence-corrected chi connectivity index (χ3v) is 3.27. The molecule has 0 bridgehead atoms. The van der Waals surface area contributed by atoms with Gasteiger partial charge >= 0.3 is 6.18 Å². The molecule has 0 saturated carbocycles. The molecule has 1 atom stereocenters. The van der Waals surface area contributed by atoms with Crippen LogP contribution in [0.5, 0.6) is 0 Å². The quantitative estimate of drug-likeness (QED) is 0.686. The Balaban J connectivity index is 2.30. The lowest BCUT2D eigenvalue weighted by atomic mass is 10.1. The molecule has 6 nitrogen and oxygen atoms in total. The summed E-state index contributed by atoms with van der Waals surface area (Å²) in [6.07, 6.45) is -4.37. The number of nitro benzene ring substituents is 1. The maximum absolute atomic E-state index is 12.8. The zero-order valence-electron chi connectivity index (χ0n) is 11.0. The van der Waals surface area contributed by atoms with E-state index in [1.165, 1.54) is 11.0 Å². The topological polar surface area (TPSA) is 75.5 Å². The molecule has 0 aliphatic carbocycles. The van der Waals surface area contributed by atoms with Crippen molar-refractivity contribution in [3.05, 3.63) is 33.9 Å². The highest BCUT2D eigenvalue weighted by atomic mass is 19.4. The number of carbonyl (C=O) groups excluding carboxylic acids is 1. The molecule has 0 radical (unpaired) electrons. The van der Waals surface area contributed by atoms with Crippen LogP contribution in [0.3, 0.4) is 0 Å². The van der Waals surface area contributed by atoms with Crippen molar-refractivity contribution in [2.75, 3.05) is 18.9 Å². The lowest BCUT2D eigenvalue weighted by Gasteiger charge is -2.15. The third-order valence-electron chi connectivity index (χ3n) is 3.27. The van der Waals surface area contributed by atoms with Crippen molar-refractivity contribution in [3.8, 4) is 0 Å². The summed E-state index contributed by atoms with van der Waals surface area (Å²) in [5.41, 5.74) is -2.32. The number of amides is 1. The number of anilines is 1. The van der Waals surface area contributed by atoms with Gasteiger partial charge < -0.3 is 10.2 Å². The second kappa shape index (κ2) is 5.23. The van der Waals surface area contributed by atoms with Crippen molar-refractivity contribution < 1.29 is 22.9 Å². The summed E-state index contributed by atoms with van der Waals surface area (Å²) in [5.74, 6) is -0.220. The van der Waals surface area contributed by atoms with E-state index in [4.69, 9.17) is 0 Å². The molecule has 0 unspecified atom stereocenters. The lowest BCUT2D eigenvalue weighted by molar-refractivity contribution is -0.388. The predicted molar refractivity (Wildman–Crippen MR) is 67.8 cm³/mol. The average molecular weight is 303 g/mol. The first-order valence-electron chi connectivity index (χ1n) is 6.07.